The molecule has 0 heterocycles. The van der Waals surface area contributed by atoms with Gasteiger partial charge < -0.3 is 0 Å². The third kappa shape index (κ3) is 2.10. The molecule has 1 saturated carbocycles. The second kappa shape index (κ2) is 3.54. The van der Waals surface area contributed by atoms with E-state index >= 15 is 0 Å². The molecule has 0 amide bonds. The highest BCUT2D eigenvalue weighted by atomic mass is 127. The molecule has 0 nitrogen and oxygen atoms in total. The summed E-state index contributed by atoms with van der Waals surface area (Å²) >= 11 is 7.67. The van der Waals surface area contributed by atoms with Gasteiger partial charge in [-0.2, -0.15) is 0 Å². The Morgan fingerprint density at radius 2 is 1.25 bits per heavy atom. The van der Waals surface area contributed by atoms with Crippen LogP contribution in [0.5, 0.6) is 0 Å². The van der Waals surface area contributed by atoms with Gasteiger partial charge in [0.2, 0.25) is 0 Å². The fourth-order valence-electron chi connectivity index (χ4n) is 0.880. The molecule has 0 radical (unpaired) electrons. The Morgan fingerprint density at radius 1 is 0.875 bits per heavy atom. The Kier molecular flexibility index (Phi) is 3.67. The van der Waals surface area contributed by atoms with Gasteiger partial charge in [-0.25, -0.2) is 0 Å². The molecule has 8 heavy (non-hydrogen) atoms. The second-order valence-electron chi connectivity index (χ2n) is 2.10. The lowest BCUT2D eigenvalue weighted by Gasteiger charge is -2.00. The molecule has 1 rings (SSSR count). The highest BCUT2D eigenvalue weighted by molar-refractivity contribution is 14.1. The first-order valence-corrected chi connectivity index (χ1v) is 6.36. The van der Waals surface area contributed by atoms with Crippen LogP contribution in [0.4, 0.5) is 0 Å². The molecule has 3 heteroatoms. The molecule has 1 fully saturated rings. The maximum Gasteiger partial charge on any atom is 0.0238 e. The average Bonchev–Trinajstić information content (AvgIpc) is 1.85. The number of halogens is 3. The molecule has 0 spiro atoms. The van der Waals surface area contributed by atoms with E-state index in [4.69, 9.17) is 0 Å². The molecule has 1 aliphatic carbocycles. The van der Waals surface area contributed by atoms with Crippen molar-refractivity contribution in [3.8, 4) is 0 Å². The van der Waals surface area contributed by atoms with Crippen molar-refractivity contribution in [2.75, 3.05) is 0 Å². The van der Waals surface area contributed by atoms with Crippen LogP contribution >= 0.6 is 67.8 Å². The van der Waals surface area contributed by atoms with Crippen LogP contribution in [0.3, 0.4) is 0 Å². The lowest BCUT2D eigenvalue weighted by Crippen LogP contribution is -2.01. The van der Waals surface area contributed by atoms with Gasteiger partial charge in [-0.3, -0.25) is 0 Å². The Balaban J connectivity index is 2.39. The molecule has 0 N–H and O–H groups in total. The molecule has 0 aromatic heterocycles. The molecule has 0 aliphatic heterocycles. The van der Waals surface area contributed by atoms with E-state index in [2.05, 4.69) is 67.8 Å². The van der Waals surface area contributed by atoms with E-state index in [1.54, 1.807) is 0 Å². The van der Waals surface area contributed by atoms with Crippen LogP contribution in [0.2, 0.25) is 0 Å². The molecule has 0 bridgehead atoms. The van der Waals surface area contributed by atoms with Gasteiger partial charge in [-0.15, -0.1) is 0 Å². The molecule has 0 saturated heterocycles. The predicted octanol–water partition coefficient (Wildman–Crippen LogP) is 3.19. The van der Waals surface area contributed by atoms with Crippen molar-refractivity contribution in [1.29, 1.82) is 0 Å². The summed E-state index contributed by atoms with van der Waals surface area (Å²) < 4.78 is 2.83. The van der Waals surface area contributed by atoms with E-state index in [1.807, 2.05) is 0 Å². The van der Waals surface area contributed by atoms with Crippen molar-refractivity contribution in [3.05, 3.63) is 0 Å². The Labute approximate surface area is 91.0 Å². The summed E-state index contributed by atoms with van der Waals surface area (Å²) in [4.78, 5) is 0. The monoisotopic (exact) mass is 448 g/mol. The van der Waals surface area contributed by atoms with Gasteiger partial charge in [-0.1, -0.05) is 67.8 Å². The number of hydrogen-bond donors (Lipinski definition) is 0. The highest BCUT2D eigenvalue weighted by Gasteiger charge is 2.28. The third-order valence-electron chi connectivity index (χ3n) is 1.35. The fourth-order valence-corrected chi connectivity index (χ4v) is 5.74. The van der Waals surface area contributed by atoms with Gasteiger partial charge in [0.15, 0.2) is 0 Å². The smallest absolute Gasteiger partial charge is 0.0238 e. The van der Waals surface area contributed by atoms with Crippen molar-refractivity contribution in [2.45, 2.75) is 24.6 Å². The number of hydrogen-bond acceptors (Lipinski definition) is 0. The van der Waals surface area contributed by atoms with Crippen molar-refractivity contribution >= 4 is 67.8 Å². The summed E-state index contributed by atoms with van der Waals surface area (Å²) in [6.45, 7) is 0. The van der Waals surface area contributed by atoms with Crippen molar-refractivity contribution in [3.63, 3.8) is 0 Å². The molecule has 2 unspecified atom stereocenters. The van der Waals surface area contributed by atoms with Crippen LogP contribution in [-0.4, -0.2) is 11.8 Å². The molecule has 1 aliphatic rings. The van der Waals surface area contributed by atoms with Gasteiger partial charge in [0.25, 0.3) is 0 Å². The summed E-state index contributed by atoms with van der Waals surface area (Å²) in [6.07, 6.45) is 2.85. The van der Waals surface area contributed by atoms with Crippen LogP contribution < -0.4 is 0 Å². The van der Waals surface area contributed by atoms with Gasteiger partial charge in [-0.05, 0) is 12.8 Å². The third-order valence-corrected chi connectivity index (χ3v) is 6.50. The first-order valence-electron chi connectivity index (χ1n) is 2.62. The Bertz CT molecular complexity index is 73.7. The standard InChI is InChI=1S/C5H7I3/c6-3-1-4(7)5(8)2-3/h3-5H,1-2H2. The summed E-state index contributed by atoms with van der Waals surface area (Å²) in [7, 11) is 0. The Morgan fingerprint density at radius 3 is 1.38 bits per heavy atom. The summed E-state index contributed by atoms with van der Waals surface area (Å²) in [6, 6.07) is 0. The minimum absolute atomic E-state index is 0.940. The predicted molar refractivity (Wildman–Crippen MR) is 62.7 cm³/mol. The summed E-state index contributed by atoms with van der Waals surface area (Å²) in [5.74, 6) is 0. The van der Waals surface area contributed by atoms with Gasteiger partial charge in [0, 0.05) is 11.8 Å². The number of rotatable bonds is 0. The van der Waals surface area contributed by atoms with Crippen LogP contribution in [0.15, 0.2) is 0 Å². The SMILES string of the molecule is IC1CC(I)C(I)C1. The topological polar surface area (TPSA) is 0 Å². The van der Waals surface area contributed by atoms with Gasteiger partial charge >= 0.3 is 0 Å². The fraction of sp³-hybridized carbons (Fsp3) is 1.00. The van der Waals surface area contributed by atoms with Gasteiger partial charge in [0.1, 0.15) is 0 Å². The zero-order chi connectivity index (χ0) is 6.15. The zero-order valence-electron chi connectivity index (χ0n) is 4.28. The van der Waals surface area contributed by atoms with E-state index in [1.165, 1.54) is 12.8 Å². The lowest BCUT2D eigenvalue weighted by atomic mass is 10.4. The first-order chi connectivity index (χ1) is 3.70. The minimum atomic E-state index is 0.940. The molecular weight excluding hydrogens is 441 g/mol. The summed E-state index contributed by atoms with van der Waals surface area (Å²) in [5.41, 5.74) is 0. The van der Waals surface area contributed by atoms with Crippen molar-refractivity contribution < 1.29 is 0 Å². The molecule has 0 aromatic carbocycles. The van der Waals surface area contributed by atoms with E-state index in [-0.39, 0.29) is 0 Å². The van der Waals surface area contributed by atoms with Crippen LogP contribution in [-0.2, 0) is 0 Å². The van der Waals surface area contributed by atoms with Gasteiger partial charge in [0.05, 0.1) is 0 Å². The summed E-state index contributed by atoms with van der Waals surface area (Å²) in [5, 5.41) is 0. The maximum atomic E-state index is 2.56. The molecule has 2 atom stereocenters. The van der Waals surface area contributed by atoms with E-state index in [0.29, 0.717) is 0 Å². The molecule has 48 valence electrons. The number of alkyl halides is 3. The van der Waals surface area contributed by atoms with E-state index in [9.17, 15) is 0 Å². The van der Waals surface area contributed by atoms with E-state index in [0.717, 1.165) is 11.8 Å². The lowest BCUT2D eigenvalue weighted by molar-refractivity contribution is 0.956. The normalized spacial score (nSPS) is 47.6. The average molecular weight is 448 g/mol. The van der Waals surface area contributed by atoms with Crippen LogP contribution in [0, 0.1) is 0 Å². The van der Waals surface area contributed by atoms with E-state index < -0.39 is 0 Å². The zero-order valence-corrected chi connectivity index (χ0v) is 10.8. The first kappa shape index (κ1) is 8.29. The Hall–Kier alpha value is 2.19. The second-order valence-corrected chi connectivity index (χ2v) is 7.06. The maximum absolute atomic E-state index is 2.56. The molecule has 0 aromatic rings. The van der Waals surface area contributed by atoms with Crippen molar-refractivity contribution in [1.82, 2.24) is 0 Å². The quantitative estimate of drug-likeness (QED) is 0.395. The highest BCUT2D eigenvalue weighted by Crippen LogP contribution is 2.36. The minimum Gasteiger partial charge on any atom is -0.0825 e. The van der Waals surface area contributed by atoms with Crippen LogP contribution in [0.1, 0.15) is 12.8 Å². The largest absolute Gasteiger partial charge is 0.0825 e. The van der Waals surface area contributed by atoms with Crippen LogP contribution in [0.25, 0.3) is 0 Å². The van der Waals surface area contributed by atoms with Crippen molar-refractivity contribution in [2.24, 2.45) is 0 Å². The molecular formula is C5H7I3.